The third-order valence-electron chi connectivity index (χ3n) is 6.36. The molecule has 1 N–H and O–H groups in total. The van der Waals surface area contributed by atoms with E-state index in [4.69, 9.17) is 0 Å². The van der Waals surface area contributed by atoms with Gasteiger partial charge >= 0.3 is 0 Å². The molecule has 1 aromatic heterocycles. The van der Waals surface area contributed by atoms with E-state index in [2.05, 4.69) is 29.4 Å². The van der Waals surface area contributed by atoms with E-state index in [1.54, 1.807) is 0 Å². The Hall–Kier alpha value is -3.13. The fourth-order valence-electron chi connectivity index (χ4n) is 4.52. The fraction of sp³-hybridized carbons (Fsp3) is 0.407. The summed E-state index contributed by atoms with van der Waals surface area (Å²) in [5.41, 5.74) is 3.79. The Morgan fingerprint density at radius 2 is 1.86 bits per heavy atom. The fourth-order valence-corrected chi connectivity index (χ4v) is 5.33. The first-order valence-electron chi connectivity index (χ1n) is 12.2. The van der Waals surface area contributed by atoms with Crippen LogP contribution in [0.2, 0.25) is 0 Å². The predicted molar refractivity (Wildman–Crippen MR) is 140 cm³/mol. The number of rotatable bonds is 8. The molecule has 0 aliphatic carbocycles. The zero-order valence-electron chi connectivity index (χ0n) is 20.8. The minimum atomic E-state index is -0.114. The van der Waals surface area contributed by atoms with Crippen molar-refractivity contribution in [2.75, 3.05) is 17.6 Å². The molecule has 4 rings (SSSR count). The third kappa shape index (κ3) is 5.59. The molecule has 1 aliphatic heterocycles. The van der Waals surface area contributed by atoms with Crippen LogP contribution in [0.3, 0.4) is 0 Å². The molecule has 1 unspecified atom stereocenters. The van der Waals surface area contributed by atoms with Crippen LogP contribution in [-0.4, -0.2) is 43.8 Å². The van der Waals surface area contributed by atoms with Crippen molar-refractivity contribution in [1.82, 2.24) is 19.7 Å². The number of hydrogen-bond donors (Lipinski definition) is 1. The molecule has 1 aliphatic rings. The van der Waals surface area contributed by atoms with E-state index in [1.807, 2.05) is 71.8 Å². The van der Waals surface area contributed by atoms with Crippen LogP contribution in [0.4, 0.5) is 5.69 Å². The maximum atomic E-state index is 13.2. The molecule has 184 valence electrons. The topological polar surface area (TPSA) is 80.1 Å². The highest BCUT2D eigenvalue weighted by molar-refractivity contribution is 7.99. The van der Waals surface area contributed by atoms with Gasteiger partial charge in [-0.05, 0) is 56.4 Å². The second-order valence-electron chi connectivity index (χ2n) is 9.19. The summed E-state index contributed by atoms with van der Waals surface area (Å²) in [6.07, 6.45) is 1.78. The van der Waals surface area contributed by atoms with Crippen LogP contribution in [-0.2, 0) is 11.3 Å². The standard InChI is InChI=1S/C27H33N5O2S/c1-5-31-25(23-11-8-16-32(23)26(34)20-14-12-19(4)13-15-20)29-30-27(31)35-17-24(33)28-22-10-7-6-9-21(22)18(2)3/h6-7,9-10,12-15,18,23H,5,8,11,16-17H2,1-4H3,(H,28,33). The number of para-hydroxylation sites is 1. The largest absolute Gasteiger partial charge is 0.328 e. The highest BCUT2D eigenvalue weighted by Gasteiger charge is 2.34. The van der Waals surface area contributed by atoms with Crippen LogP contribution in [0, 0.1) is 6.92 Å². The van der Waals surface area contributed by atoms with Gasteiger partial charge in [-0.1, -0.05) is 61.5 Å². The predicted octanol–water partition coefficient (Wildman–Crippen LogP) is 5.44. The van der Waals surface area contributed by atoms with Gasteiger partial charge in [-0.25, -0.2) is 0 Å². The van der Waals surface area contributed by atoms with Crippen molar-refractivity contribution in [2.45, 2.75) is 64.2 Å². The van der Waals surface area contributed by atoms with Gasteiger partial charge in [0.2, 0.25) is 5.91 Å². The van der Waals surface area contributed by atoms with Crippen molar-refractivity contribution in [3.63, 3.8) is 0 Å². The summed E-state index contributed by atoms with van der Waals surface area (Å²) in [5, 5.41) is 12.6. The first-order chi connectivity index (χ1) is 16.9. The Kier molecular flexibility index (Phi) is 7.90. The lowest BCUT2D eigenvalue weighted by Crippen LogP contribution is -2.32. The lowest BCUT2D eigenvalue weighted by atomic mass is 10.0. The Morgan fingerprint density at radius 1 is 1.11 bits per heavy atom. The molecular formula is C27H33N5O2S. The number of aromatic nitrogens is 3. The molecule has 1 atom stereocenters. The summed E-state index contributed by atoms with van der Waals surface area (Å²) in [6.45, 7) is 9.65. The zero-order valence-corrected chi connectivity index (χ0v) is 21.6. The van der Waals surface area contributed by atoms with Crippen LogP contribution in [0.15, 0.2) is 53.7 Å². The van der Waals surface area contributed by atoms with E-state index in [0.717, 1.165) is 35.5 Å². The van der Waals surface area contributed by atoms with Crippen molar-refractivity contribution in [1.29, 1.82) is 0 Å². The Balaban J connectivity index is 1.45. The second kappa shape index (κ2) is 11.1. The first kappa shape index (κ1) is 25.0. The Labute approximate surface area is 211 Å². The maximum absolute atomic E-state index is 13.2. The quantitative estimate of drug-likeness (QED) is 0.425. The molecule has 2 heterocycles. The van der Waals surface area contributed by atoms with E-state index in [9.17, 15) is 9.59 Å². The Bertz CT molecular complexity index is 1190. The molecule has 3 aromatic rings. The van der Waals surface area contributed by atoms with Gasteiger partial charge in [-0.2, -0.15) is 0 Å². The lowest BCUT2D eigenvalue weighted by molar-refractivity contribution is -0.113. The zero-order chi connectivity index (χ0) is 24.9. The number of hydrogen-bond acceptors (Lipinski definition) is 5. The van der Waals surface area contributed by atoms with Gasteiger partial charge in [-0.15, -0.1) is 10.2 Å². The summed E-state index contributed by atoms with van der Waals surface area (Å²) >= 11 is 1.37. The number of carbonyl (C=O) groups is 2. The van der Waals surface area contributed by atoms with Crippen LogP contribution < -0.4 is 5.32 Å². The van der Waals surface area contributed by atoms with Gasteiger partial charge in [0.15, 0.2) is 11.0 Å². The molecule has 2 amide bonds. The van der Waals surface area contributed by atoms with Gasteiger partial charge in [-0.3, -0.25) is 9.59 Å². The number of aryl methyl sites for hydroxylation is 1. The number of likely N-dealkylation sites (tertiary alicyclic amines) is 1. The number of nitrogens with one attached hydrogen (secondary N) is 1. The van der Waals surface area contributed by atoms with Crippen molar-refractivity contribution >= 4 is 29.3 Å². The summed E-state index contributed by atoms with van der Waals surface area (Å²) in [5.74, 6) is 1.30. The third-order valence-corrected chi connectivity index (χ3v) is 7.33. The van der Waals surface area contributed by atoms with E-state index in [0.29, 0.717) is 29.7 Å². The van der Waals surface area contributed by atoms with Gasteiger partial charge < -0.3 is 14.8 Å². The number of thioether (sulfide) groups is 1. The summed E-state index contributed by atoms with van der Waals surface area (Å²) in [7, 11) is 0. The molecule has 7 nitrogen and oxygen atoms in total. The number of benzene rings is 2. The van der Waals surface area contributed by atoms with Crippen LogP contribution >= 0.6 is 11.8 Å². The van der Waals surface area contributed by atoms with Crippen molar-refractivity contribution in [2.24, 2.45) is 0 Å². The van der Waals surface area contributed by atoms with Gasteiger partial charge in [0, 0.05) is 24.3 Å². The van der Waals surface area contributed by atoms with Crippen LogP contribution in [0.1, 0.15) is 72.9 Å². The van der Waals surface area contributed by atoms with E-state index < -0.39 is 0 Å². The summed E-state index contributed by atoms with van der Waals surface area (Å²) in [4.78, 5) is 27.8. The first-order valence-corrected chi connectivity index (χ1v) is 13.2. The van der Waals surface area contributed by atoms with E-state index in [-0.39, 0.29) is 23.6 Å². The summed E-state index contributed by atoms with van der Waals surface area (Å²) < 4.78 is 2.03. The van der Waals surface area contributed by atoms with Crippen LogP contribution in [0.5, 0.6) is 0 Å². The smallest absolute Gasteiger partial charge is 0.254 e. The molecule has 0 spiro atoms. The molecular weight excluding hydrogens is 458 g/mol. The maximum Gasteiger partial charge on any atom is 0.254 e. The molecule has 2 aromatic carbocycles. The normalized spacial score (nSPS) is 15.6. The average Bonchev–Trinajstić information content (AvgIpc) is 3.49. The molecule has 35 heavy (non-hydrogen) atoms. The molecule has 0 radical (unpaired) electrons. The average molecular weight is 492 g/mol. The molecule has 1 saturated heterocycles. The monoisotopic (exact) mass is 491 g/mol. The minimum Gasteiger partial charge on any atom is -0.328 e. The number of nitrogens with zero attached hydrogens (tertiary/aromatic N) is 4. The number of amides is 2. The highest BCUT2D eigenvalue weighted by atomic mass is 32.2. The molecule has 0 saturated carbocycles. The molecule has 0 bridgehead atoms. The molecule has 8 heteroatoms. The van der Waals surface area contributed by atoms with E-state index >= 15 is 0 Å². The highest BCUT2D eigenvalue weighted by Crippen LogP contribution is 2.34. The van der Waals surface area contributed by atoms with Gasteiger partial charge in [0.25, 0.3) is 5.91 Å². The van der Waals surface area contributed by atoms with Crippen molar-refractivity contribution < 1.29 is 9.59 Å². The number of carbonyl (C=O) groups excluding carboxylic acids is 2. The second-order valence-corrected chi connectivity index (χ2v) is 10.1. The van der Waals surface area contributed by atoms with Gasteiger partial charge in [0.05, 0.1) is 11.8 Å². The van der Waals surface area contributed by atoms with Gasteiger partial charge in [0.1, 0.15) is 0 Å². The van der Waals surface area contributed by atoms with Crippen molar-refractivity contribution in [3.05, 3.63) is 71.0 Å². The lowest BCUT2D eigenvalue weighted by Gasteiger charge is -2.24. The van der Waals surface area contributed by atoms with Crippen LogP contribution in [0.25, 0.3) is 0 Å². The van der Waals surface area contributed by atoms with E-state index in [1.165, 1.54) is 11.8 Å². The molecule has 1 fully saturated rings. The Morgan fingerprint density at radius 3 is 2.57 bits per heavy atom. The van der Waals surface area contributed by atoms with Crippen molar-refractivity contribution in [3.8, 4) is 0 Å². The SMILES string of the molecule is CCn1c(SCC(=O)Nc2ccccc2C(C)C)nnc1C1CCCN1C(=O)c1ccc(C)cc1. The summed E-state index contributed by atoms with van der Waals surface area (Å²) in [6, 6.07) is 15.5. The minimum absolute atomic E-state index is 0.0237. The number of anilines is 1.